The minimum Gasteiger partial charge on any atom is -0.497 e. The number of ether oxygens (including phenoxy) is 1. The van der Waals surface area contributed by atoms with Crippen molar-refractivity contribution in [2.24, 2.45) is 5.84 Å². The van der Waals surface area contributed by atoms with Crippen LogP contribution in [0.3, 0.4) is 0 Å². The molecule has 1 heterocycles. The third kappa shape index (κ3) is 3.79. The average Bonchev–Trinajstić information content (AvgIpc) is 2.77. The summed E-state index contributed by atoms with van der Waals surface area (Å²) in [6.07, 6.45) is 1.72. The number of nitrogens with one attached hydrogen (secondary N) is 1. The van der Waals surface area contributed by atoms with Crippen molar-refractivity contribution in [3.63, 3.8) is 0 Å². The van der Waals surface area contributed by atoms with E-state index in [-0.39, 0.29) is 6.04 Å². The molecule has 0 fully saturated rings. The van der Waals surface area contributed by atoms with Crippen LogP contribution in [0.25, 0.3) is 0 Å². The second-order valence-corrected chi connectivity index (χ2v) is 6.16. The summed E-state index contributed by atoms with van der Waals surface area (Å²) in [5.41, 5.74) is 5.24. The molecule has 1 aromatic heterocycles. The third-order valence-electron chi connectivity index (χ3n) is 3.37. The van der Waals surface area contributed by atoms with Crippen molar-refractivity contribution in [3.8, 4) is 5.75 Å². The molecule has 0 radical (unpaired) electrons. The number of thiazole rings is 1. The predicted molar refractivity (Wildman–Crippen MR) is 83.1 cm³/mol. The largest absolute Gasteiger partial charge is 0.497 e. The van der Waals surface area contributed by atoms with Crippen LogP contribution < -0.4 is 16.0 Å². The number of hydrogen-bond acceptors (Lipinski definition) is 5. The summed E-state index contributed by atoms with van der Waals surface area (Å²) in [5.74, 6) is 6.54. The van der Waals surface area contributed by atoms with Crippen LogP contribution in [0.5, 0.6) is 5.75 Å². The fourth-order valence-corrected chi connectivity index (χ4v) is 3.09. The van der Waals surface area contributed by atoms with Gasteiger partial charge in [0.05, 0.1) is 17.8 Å². The summed E-state index contributed by atoms with van der Waals surface area (Å²) in [6, 6.07) is 8.28. The molecule has 1 unspecified atom stereocenters. The maximum absolute atomic E-state index is 5.67. The number of benzene rings is 1. The number of aryl methyl sites for hydroxylation is 2. The zero-order valence-corrected chi connectivity index (χ0v) is 13.0. The van der Waals surface area contributed by atoms with E-state index in [1.807, 2.05) is 19.1 Å². The summed E-state index contributed by atoms with van der Waals surface area (Å²) < 4.78 is 5.16. The van der Waals surface area contributed by atoms with Crippen molar-refractivity contribution in [2.45, 2.75) is 32.7 Å². The second-order valence-electron chi connectivity index (χ2n) is 4.87. The van der Waals surface area contributed by atoms with Gasteiger partial charge in [0.15, 0.2) is 0 Å². The van der Waals surface area contributed by atoms with Crippen LogP contribution >= 0.6 is 11.3 Å². The Hall–Kier alpha value is -1.43. The lowest BCUT2D eigenvalue weighted by Gasteiger charge is -2.14. The fourth-order valence-electron chi connectivity index (χ4n) is 2.07. The Labute approximate surface area is 124 Å². The van der Waals surface area contributed by atoms with Gasteiger partial charge in [-0.2, -0.15) is 0 Å². The zero-order chi connectivity index (χ0) is 14.5. The number of nitrogens with two attached hydrogens (primary N) is 1. The molecule has 0 spiro atoms. The van der Waals surface area contributed by atoms with Gasteiger partial charge in [-0.15, -0.1) is 11.3 Å². The van der Waals surface area contributed by atoms with E-state index in [0.29, 0.717) is 0 Å². The number of hydrazine groups is 1. The highest BCUT2D eigenvalue weighted by molar-refractivity contribution is 7.11. The van der Waals surface area contributed by atoms with E-state index in [1.54, 1.807) is 18.4 Å². The SMILES string of the molecule is COc1ccc(CC(Cc2nc(C)c(C)s2)NN)cc1. The van der Waals surface area contributed by atoms with Crippen molar-refractivity contribution >= 4 is 11.3 Å². The predicted octanol–water partition coefficient (Wildman–Crippen LogP) is 2.39. The van der Waals surface area contributed by atoms with Crippen molar-refractivity contribution in [1.82, 2.24) is 10.4 Å². The maximum Gasteiger partial charge on any atom is 0.118 e. The Morgan fingerprint density at radius 2 is 1.95 bits per heavy atom. The van der Waals surface area contributed by atoms with E-state index in [0.717, 1.165) is 29.3 Å². The molecule has 0 aliphatic rings. The molecule has 0 aliphatic carbocycles. The number of rotatable bonds is 6. The van der Waals surface area contributed by atoms with E-state index in [4.69, 9.17) is 10.6 Å². The van der Waals surface area contributed by atoms with Gasteiger partial charge in [0.25, 0.3) is 0 Å². The lowest BCUT2D eigenvalue weighted by atomic mass is 10.0. The van der Waals surface area contributed by atoms with E-state index in [2.05, 4.69) is 29.5 Å². The third-order valence-corrected chi connectivity index (χ3v) is 4.47. The molecule has 0 amide bonds. The molecule has 0 saturated heterocycles. The van der Waals surface area contributed by atoms with Crippen LogP contribution in [0.2, 0.25) is 0 Å². The maximum atomic E-state index is 5.67. The molecular weight excluding hydrogens is 270 g/mol. The average molecular weight is 291 g/mol. The smallest absolute Gasteiger partial charge is 0.118 e. The first kappa shape index (κ1) is 15.0. The lowest BCUT2D eigenvalue weighted by molar-refractivity contribution is 0.414. The second kappa shape index (κ2) is 6.83. The van der Waals surface area contributed by atoms with E-state index in [9.17, 15) is 0 Å². The molecule has 1 aromatic carbocycles. The highest BCUT2D eigenvalue weighted by Gasteiger charge is 2.12. The summed E-state index contributed by atoms with van der Waals surface area (Å²) in [4.78, 5) is 5.85. The van der Waals surface area contributed by atoms with Gasteiger partial charge in [0, 0.05) is 17.3 Å². The minimum absolute atomic E-state index is 0.188. The number of aromatic nitrogens is 1. The van der Waals surface area contributed by atoms with Gasteiger partial charge in [-0.1, -0.05) is 12.1 Å². The molecule has 3 N–H and O–H groups in total. The molecule has 20 heavy (non-hydrogen) atoms. The molecule has 0 aliphatic heterocycles. The number of methoxy groups -OCH3 is 1. The van der Waals surface area contributed by atoms with Crippen LogP contribution in [0.15, 0.2) is 24.3 Å². The first-order chi connectivity index (χ1) is 9.62. The number of hydrogen-bond donors (Lipinski definition) is 2. The molecule has 2 rings (SSSR count). The Morgan fingerprint density at radius 1 is 1.25 bits per heavy atom. The topological polar surface area (TPSA) is 60.2 Å². The summed E-state index contributed by atoms with van der Waals surface area (Å²) >= 11 is 1.75. The minimum atomic E-state index is 0.188. The molecule has 0 bridgehead atoms. The van der Waals surface area contributed by atoms with Crippen molar-refractivity contribution in [3.05, 3.63) is 45.4 Å². The van der Waals surface area contributed by atoms with Gasteiger partial charge in [0.2, 0.25) is 0 Å². The molecule has 0 saturated carbocycles. The highest BCUT2D eigenvalue weighted by Crippen LogP contribution is 2.19. The van der Waals surface area contributed by atoms with Crippen LogP contribution in [0.1, 0.15) is 21.1 Å². The van der Waals surface area contributed by atoms with Gasteiger partial charge in [-0.05, 0) is 38.0 Å². The van der Waals surface area contributed by atoms with Crippen molar-refractivity contribution in [1.29, 1.82) is 0 Å². The van der Waals surface area contributed by atoms with Crippen LogP contribution in [0, 0.1) is 13.8 Å². The first-order valence-corrected chi connectivity index (χ1v) is 7.46. The molecular formula is C15H21N3OS. The summed E-state index contributed by atoms with van der Waals surface area (Å²) in [7, 11) is 1.67. The van der Waals surface area contributed by atoms with Gasteiger partial charge in [0.1, 0.15) is 5.75 Å². The normalized spacial score (nSPS) is 12.4. The van der Waals surface area contributed by atoms with Crippen LogP contribution in [0.4, 0.5) is 0 Å². The Morgan fingerprint density at radius 3 is 2.45 bits per heavy atom. The Balaban J connectivity index is 2.00. The lowest BCUT2D eigenvalue weighted by Crippen LogP contribution is -2.38. The van der Waals surface area contributed by atoms with Gasteiger partial charge in [-0.3, -0.25) is 11.3 Å². The van der Waals surface area contributed by atoms with Crippen LogP contribution in [-0.4, -0.2) is 18.1 Å². The molecule has 5 heteroatoms. The van der Waals surface area contributed by atoms with Gasteiger partial charge < -0.3 is 4.74 Å². The summed E-state index contributed by atoms with van der Waals surface area (Å²) in [5, 5.41) is 1.14. The highest BCUT2D eigenvalue weighted by atomic mass is 32.1. The van der Waals surface area contributed by atoms with E-state index < -0.39 is 0 Å². The zero-order valence-electron chi connectivity index (χ0n) is 12.1. The van der Waals surface area contributed by atoms with Gasteiger partial charge >= 0.3 is 0 Å². The standard InChI is InChI=1S/C15H21N3OS/c1-10-11(2)20-15(17-10)9-13(18-16)8-12-4-6-14(19-3)7-5-12/h4-7,13,18H,8-9,16H2,1-3H3. The van der Waals surface area contributed by atoms with Crippen LogP contribution in [-0.2, 0) is 12.8 Å². The number of nitrogens with zero attached hydrogens (tertiary/aromatic N) is 1. The Bertz CT molecular complexity index is 531. The first-order valence-electron chi connectivity index (χ1n) is 6.64. The Kier molecular flexibility index (Phi) is 5.11. The molecule has 1 atom stereocenters. The van der Waals surface area contributed by atoms with Crippen molar-refractivity contribution in [2.75, 3.05) is 7.11 Å². The van der Waals surface area contributed by atoms with Gasteiger partial charge in [-0.25, -0.2) is 4.98 Å². The monoisotopic (exact) mass is 291 g/mol. The fraction of sp³-hybridized carbons (Fsp3) is 0.400. The molecule has 108 valence electrons. The molecule has 4 nitrogen and oxygen atoms in total. The quantitative estimate of drug-likeness (QED) is 0.634. The summed E-state index contributed by atoms with van der Waals surface area (Å²) in [6.45, 7) is 4.15. The van der Waals surface area contributed by atoms with E-state index >= 15 is 0 Å². The molecule has 2 aromatic rings. The van der Waals surface area contributed by atoms with Crippen molar-refractivity contribution < 1.29 is 4.74 Å². The van der Waals surface area contributed by atoms with E-state index in [1.165, 1.54) is 10.4 Å².